The molecular formula is C30H41BrN6O3. The van der Waals surface area contributed by atoms with E-state index in [1.165, 1.54) is 19.3 Å². The standard InChI is InChI=1S/C30H41BrN6O3/c1-40-25-5-6-27-21(18-25)7-15-37(30(39)34-27)24-8-13-35(14-9-24)16-10-33-29(38)22-17-23(28(32)26(31)19-22)20-36-11-3-2-4-12-36/h5-6,17-19,24H,2-4,7-16,20,32H2,1H3,(H,33,38)(H,34,39). The molecule has 2 aromatic rings. The van der Waals surface area contributed by atoms with E-state index in [-0.39, 0.29) is 18.0 Å². The van der Waals surface area contributed by atoms with Gasteiger partial charge in [0, 0.05) is 61.0 Å². The number of fused-ring (bicyclic) bond motifs is 1. The van der Waals surface area contributed by atoms with Gasteiger partial charge in [0.2, 0.25) is 0 Å². The molecule has 2 aromatic carbocycles. The summed E-state index contributed by atoms with van der Waals surface area (Å²) in [5, 5.41) is 6.18. The van der Waals surface area contributed by atoms with Crippen LogP contribution in [0.5, 0.6) is 5.75 Å². The topological polar surface area (TPSA) is 103 Å². The number of hydrogen-bond donors (Lipinski definition) is 3. The molecule has 0 saturated carbocycles. The number of urea groups is 1. The van der Waals surface area contributed by atoms with Gasteiger partial charge in [-0.2, -0.15) is 0 Å². The molecule has 9 nitrogen and oxygen atoms in total. The molecule has 2 fully saturated rings. The number of likely N-dealkylation sites (tertiary alicyclic amines) is 2. The predicted molar refractivity (Wildman–Crippen MR) is 162 cm³/mol. The molecule has 3 heterocycles. The number of halogens is 1. The monoisotopic (exact) mass is 612 g/mol. The Labute approximate surface area is 245 Å². The Morgan fingerprint density at radius 3 is 2.60 bits per heavy atom. The van der Waals surface area contributed by atoms with Crippen molar-refractivity contribution in [2.24, 2.45) is 0 Å². The minimum atomic E-state index is -0.0760. The second kappa shape index (κ2) is 13.2. The summed E-state index contributed by atoms with van der Waals surface area (Å²) in [5.74, 6) is 0.733. The first-order valence-corrected chi connectivity index (χ1v) is 15.3. The third-order valence-corrected chi connectivity index (χ3v) is 9.12. The van der Waals surface area contributed by atoms with E-state index in [1.54, 1.807) is 7.11 Å². The molecule has 3 aliphatic rings. The van der Waals surface area contributed by atoms with Crippen LogP contribution in [0.4, 0.5) is 16.2 Å². The fourth-order valence-electron chi connectivity index (χ4n) is 6.08. The Balaban J connectivity index is 1.08. The summed E-state index contributed by atoms with van der Waals surface area (Å²) in [6.07, 6.45) is 6.37. The van der Waals surface area contributed by atoms with Crippen LogP contribution in [-0.4, -0.2) is 85.6 Å². The van der Waals surface area contributed by atoms with Gasteiger partial charge in [-0.05, 0) is 103 Å². The largest absolute Gasteiger partial charge is 0.497 e. The van der Waals surface area contributed by atoms with E-state index >= 15 is 0 Å². The number of anilines is 2. The first kappa shape index (κ1) is 28.7. The second-order valence-corrected chi connectivity index (χ2v) is 11.9. The van der Waals surface area contributed by atoms with E-state index in [1.807, 2.05) is 35.2 Å². The molecule has 0 spiro atoms. The first-order valence-electron chi connectivity index (χ1n) is 14.5. The molecule has 0 radical (unpaired) electrons. The van der Waals surface area contributed by atoms with Gasteiger partial charge in [0.05, 0.1) is 12.8 Å². The lowest BCUT2D eigenvalue weighted by Crippen LogP contribution is -2.49. The van der Waals surface area contributed by atoms with Crippen molar-refractivity contribution in [1.29, 1.82) is 0 Å². The third kappa shape index (κ3) is 6.90. The fraction of sp³-hybridized carbons (Fsp3) is 0.533. The average molecular weight is 614 g/mol. The Kier molecular flexibility index (Phi) is 9.49. The number of piperidine rings is 2. The molecule has 2 saturated heterocycles. The second-order valence-electron chi connectivity index (χ2n) is 11.1. The number of nitrogens with one attached hydrogen (secondary N) is 2. The van der Waals surface area contributed by atoms with Crippen molar-refractivity contribution in [3.8, 4) is 5.75 Å². The molecule has 3 amide bonds. The zero-order chi connectivity index (χ0) is 28.1. The van der Waals surface area contributed by atoms with Crippen LogP contribution < -0.4 is 21.1 Å². The molecule has 0 unspecified atom stereocenters. The number of rotatable bonds is 8. The van der Waals surface area contributed by atoms with Crippen LogP contribution in [0, 0.1) is 0 Å². The summed E-state index contributed by atoms with van der Waals surface area (Å²) in [7, 11) is 1.66. The van der Waals surface area contributed by atoms with Crippen LogP contribution in [-0.2, 0) is 13.0 Å². The van der Waals surface area contributed by atoms with Gasteiger partial charge >= 0.3 is 6.03 Å². The number of carbonyl (C=O) groups excluding carboxylic acids is 2. The highest BCUT2D eigenvalue weighted by Crippen LogP contribution is 2.29. The van der Waals surface area contributed by atoms with Gasteiger partial charge in [-0.15, -0.1) is 0 Å². The number of benzene rings is 2. The van der Waals surface area contributed by atoms with Gasteiger partial charge in [0.25, 0.3) is 5.91 Å². The molecule has 0 aliphatic carbocycles. The zero-order valence-electron chi connectivity index (χ0n) is 23.4. The number of methoxy groups -OCH3 is 1. The molecule has 40 heavy (non-hydrogen) atoms. The van der Waals surface area contributed by atoms with Crippen molar-refractivity contribution >= 4 is 39.2 Å². The number of hydrogen-bond acceptors (Lipinski definition) is 6. The molecule has 0 bridgehead atoms. The fourth-order valence-corrected chi connectivity index (χ4v) is 6.58. The zero-order valence-corrected chi connectivity index (χ0v) is 25.0. The highest BCUT2D eigenvalue weighted by atomic mass is 79.9. The van der Waals surface area contributed by atoms with E-state index in [4.69, 9.17) is 10.5 Å². The maximum Gasteiger partial charge on any atom is 0.322 e. The molecule has 0 atom stereocenters. The van der Waals surface area contributed by atoms with Gasteiger partial charge in [-0.1, -0.05) is 6.42 Å². The molecule has 216 valence electrons. The van der Waals surface area contributed by atoms with Gasteiger partial charge in [0.15, 0.2) is 0 Å². The lowest BCUT2D eigenvalue weighted by Gasteiger charge is -2.38. The number of nitrogen functional groups attached to an aromatic ring is 1. The number of nitrogens with zero attached hydrogens (tertiary/aromatic N) is 3. The van der Waals surface area contributed by atoms with E-state index in [9.17, 15) is 9.59 Å². The third-order valence-electron chi connectivity index (χ3n) is 8.47. The van der Waals surface area contributed by atoms with E-state index in [0.29, 0.717) is 24.3 Å². The Bertz CT molecular complexity index is 1210. The SMILES string of the molecule is COc1ccc2c(c1)CCN(C1CCN(CCNC(=O)c3cc(Br)c(N)c(CN4CCCCC4)c3)CC1)C(=O)N2. The van der Waals surface area contributed by atoms with Gasteiger partial charge in [-0.25, -0.2) is 4.79 Å². The summed E-state index contributed by atoms with van der Waals surface area (Å²) in [6.45, 7) is 6.79. The van der Waals surface area contributed by atoms with Crippen LogP contribution in [0.25, 0.3) is 0 Å². The lowest BCUT2D eigenvalue weighted by molar-refractivity contribution is 0.0937. The first-order chi connectivity index (χ1) is 19.4. The van der Waals surface area contributed by atoms with E-state index < -0.39 is 0 Å². The van der Waals surface area contributed by atoms with Crippen LogP contribution in [0.1, 0.15) is 53.6 Å². The van der Waals surface area contributed by atoms with Crippen molar-refractivity contribution in [3.63, 3.8) is 0 Å². The predicted octanol–water partition coefficient (Wildman–Crippen LogP) is 4.31. The van der Waals surface area contributed by atoms with E-state index in [0.717, 1.165) is 85.6 Å². The Hall–Kier alpha value is -2.82. The highest BCUT2D eigenvalue weighted by Gasteiger charge is 2.30. The van der Waals surface area contributed by atoms with Gasteiger partial charge in [0.1, 0.15) is 5.75 Å². The minimum Gasteiger partial charge on any atom is -0.497 e. The van der Waals surface area contributed by atoms with Crippen LogP contribution >= 0.6 is 15.9 Å². The summed E-state index contributed by atoms with van der Waals surface area (Å²) >= 11 is 3.55. The molecule has 10 heteroatoms. The quantitative estimate of drug-likeness (QED) is 0.384. The molecule has 5 rings (SSSR count). The lowest BCUT2D eigenvalue weighted by atomic mass is 10.0. The summed E-state index contributed by atoms with van der Waals surface area (Å²) in [4.78, 5) is 32.7. The molecule has 3 aliphatic heterocycles. The minimum absolute atomic E-state index is 0.0241. The van der Waals surface area contributed by atoms with Gasteiger partial charge < -0.3 is 30.9 Å². The van der Waals surface area contributed by atoms with Crippen molar-refractivity contribution in [2.75, 3.05) is 64.0 Å². The Morgan fingerprint density at radius 1 is 1.07 bits per heavy atom. The Morgan fingerprint density at radius 2 is 1.85 bits per heavy atom. The summed E-state index contributed by atoms with van der Waals surface area (Å²) in [5.41, 5.74) is 10.7. The van der Waals surface area contributed by atoms with Crippen LogP contribution in [0.3, 0.4) is 0 Å². The average Bonchev–Trinajstić information content (AvgIpc) is 3.13. The summed E-state index contributed by atoms with van der Waals surface area (Å²) < 4.78 is 6.12. The number of ether oxygens (including phenoxy) is 1. The van der Waals surface area contributed by atoms with Gasteiger partial charge in [-0.3, -0.25) is 9.69 Å². The number of amides is 3. The van der Waals surface area contributed by atoms with Crippen molar-refractivity contribution in [2.45, 2.75) is 51.1 Å². The van der Waals surface area contributed by atoms with Crippen molar-refractivity contribution < 1.29 is 14.3 Å². The maximum absolute atomic E-state index is 13.0. The van der Waals surface area contributed by atoms with Crippen molar-refractivity contribution in [1.82, 2.24) is 20.0 Å². The highest BCUT2D eigenvalue weighted by molar-refractivity contribution is 9.10. The van der Waals surface area contributed by atoms with Crippen LogP contribution in [0.15, 0.2) is 34.8 Å². The van der Waals surface area contributed by atoms with E-state index in [2.05, 4.69) is 36.4 Å². The van der Waals surface area contributed by atoms with Crippen molar-refractivity contribution in [3.05, 3.63) is 51.5 Å². The molecule has 0 aromatic heterocycles. The normalized spacial score (nSPS) is 19.1. The van der Waals surface area contributed by atoms with Crippen LogP contribution in [0.2, 0.25) is 0 Å². The molecule has 4 N–H and O–H groups in total. The molecular weight excluding hydrogens is 572 g/mol. The number of nitrogens with two attached hydrogens (primary N) is 1. The summed E-state index contributed by atoms with van der Waals surface area (Å²) in [6, 6.07) is 9.76. The smallest absolute Gasteiger partial charge is 0.322 e. The maximum atomic E-state index is 13.0. The number of carbonyl (C=O) groups is 2.